The number of carbonyl (C=O) groups is 2. The van der Waals surface area contributed by atoms with Crippen molar-refractivity contribution in [1.82, 2.24) is 10.6 Å². The Morgan fingerprint density at radius 1 is 0.949 bits per heavy atom. The first-order chi connectivity index (χ1) is 18.7. The van der Waals surface area contributed by atoms with E-state index >= 15 is 0 Å². The summed E-state index contributed by atoms with van der Waals surface area (Å²) < 4.78 is 49.8. The largest absolute Gasteiger partial charge is 0.493 e. The van der Waals surface area contributed by atoms with Crippen molar-refractivity contribution in [3.8, 4) is 11.5 Å². The summed E-state index contributed by atoms with van der Waals surface area (Å²) in [6.45, 7) is 1.04. The van der Waals surface area contributed by atoms with E-state index in [1.165, 1.54) is 19.1 Å². The smallest absolute Gasteiger partial charge is 0.390 e. The van der Waals surface area contributed by atoms with Gasteiger partial charge in [-0.25, -0.2) is 0 Å². The van der Waals surface area contributed by atoms with Crippen LogP contribution in [0.15, 0.2) is 60.7 Å². The quantitative estimate of drug-likeness (QED) is 0.404. The molecule has 3 aromatic carbocycles. The summed E-state index contributed by atoms with van der Waals surface area (Å²) >= 11 is 0. The number of ether oxygens (including phenoxy) is 2. The van der Waals surface area contributed by atoms with Gasteiger partial charge in [-0.05, 0) is 72.1 Å². The van der Waals surface area contributed by atoms with Gasteiger partial charge in [-0.2, -0.15) is 13.2 Å². The van der Waals surface area contributed by atoms with Gasteiger partial charge in [-0.3, -0.25) is 9.59 Å². The Hall–Kier alpha value is -4.05. The van der Waals surface area contributed by atoms with E-state index in [2.05, 4.69) is 10.6 Å². The van der Waals surface area contributed by atoms with Crippen molar-refractivity contribution in [3.63, 3.8) is 0 Å². The molecule has 0 spiro atoms. The minimum absolute atomic E-state index is 0.112. The number of halogens is 3. The summed E-state index contributed by atoms with van der Waals surface area (Å²) in [5, 5.41) is 6.04. The van der Waals surface area contributed by atoms with Crippen LogP contribution in [0.3, 0.4) is 0 Å². The van der Waals surface area contributed by atoms with Gasteiger partial charge in [0, 0.05) is 36.4 Å². The highest BCUT2D eigenvalue weighted by Gasteiger charge is 2.30. The minimum atomic E-state index is -4.41. The standard InChI is InChI=1S/C29H30F3N3O4/c1-38-25-9-7-21(16-26(25)39-2)27(36)34-17-19-4-3-5-22(14-19)28(37)35(13-11-29(30,31)32)24-8-6-20-10-12-33-18-23(20)15-24/h3-9,14-16,33H,10-13,17-18H2,1-2H3,(H,34,36). The predicted molar refractivity (Wildman–Crippen MR) is 141 cm³/mol. The second kappa shape index (κ2) is 12.2. The van der Waals surface area contributed by atoms with Crippen LogP contribution in [-0.2, 0) is 19.5 Å². The van der Waals surface area contributed by atoms with Crippen LogP contribution in [0.2, 0.25) is 0 Å². The number of methoxy groups -OCH3 is 2. The number of hydrogen-bond donors (Lipinski definition) is 2. The third-order valence-electron chi connectivity index (χ3n) is 6.52. The zero-order valence-electron chi connectivity index (χ0n) is 21.7. The van der Waals surface area contributed by atoms with E-state index in [1.54, 1.807) is 54.6 Å². The van der Waals surface area contributed by atoms with Crippen molar-refractivity contribution in [2.75, 3.05) is 32.2 Å². The van der Waals surface area contributed by atoms with Crippen LogP contribution in [0, 0.1) is 0 Å². The molecular formula is C29H30F3N3O4. The minimum Gasteiger partial charge on any atom is -0.493 e. The van der Waals surface area contributed by atoms with Crippen LogP contribution in [-0.4, -0.2) is 45.3 Å². The number of hydrogen-bond acceptors (Lipinski definition) is 5. The number of carbonyl (C=O) groups excluding carboxylic acids is 2. The van der Waals surface area contributed by atoms with Gasteiger partial charge in [-0.15, -0.1) is 0 Å². The second-order valence-corrected chi connectivity index (χ2v) is 9.15. The van der Waals surface area contributed by atoms with Crippen molar-refractivity contribution >= 4 is 17.5 Å². The summed E-state index contributed by atoms with van der Waals surface area (Å²) in [6, 6.07) is 16.7. The molecule has 1 heterocycles. The van der Waals surface area contributed by atoms with Gasteiger partial charge in [0.1, 0.15) is 0 Å². The molecule has 0 saturated heterocycles. The van der Waals surface area contributed by atoms with Gasteiger partial charge in [0.15, 0.2) is 11.5 Å². The van der Waals surface area contributed by atoms with Crippen LogP contribution in [0.1, 0.15) is 43.8 Å². The Balaban J connectivity index is 1.52. The molecule has 2 N–H and O–H groups in total. The summed E-state index contributed by atoms with van der Waals surface area (Å²) in [6.07, 6.45) is -4.72. The molecule has 7 nitrogen and oxygen atoms in total. The van der Waals surface area contributed by atoms with E-state index in [1.807, 2.05) is 6.07 Å². The Kier molecular flexibility index (Phi) is 8.75. The molecule has 0 radical (unpaired) electrons. The molecule has 0 bridgehead atoms. The molecule has 0 atom stereocenters. The van der Waals surface area contributed by atoms with Crippen molar-refractivity contribution < 1.29 is 32.2 Å². The highest BCUT2D eigenvalue weighted by Crippen LogP contribution is 2.28. The zero-order chi connectivity index (χ0) is 28.0. The summed E-state index contributed by atoms with van der Waals surface area (Å²) in [5.41, 5.74) is 3.72. The van der Waals surface area contributed by atoms with Gasteiger partial charge >= 0.3 is 6.18 Å². The molecule has 3 aromatic rings. The van der Waals surface area contributed by atoms with Crippen molar-refractivity contribution in [1.29, 1.82) is 0 Å². The average Bonchev–Trinajstić information content (AvgIpc) is 2.95. The van der Waals surface area contributed by atoms with Crippen molar-refractivity contribution in [2.24, 2.45) is 0 Å². The normalized spacial score (nSPS) is 12.8. The van der Waals surface area contributed by atoms with Crippen LogP contribution in [0.25, 0.3) is 0 Å². The highest BCUT2D eigenvalue weighted by molar-refractivity contribution is 6.06. The molecular weight excluding hydrogens is 511 g/mol. The summed E-state index contributed by atoms with van der Waals surface area (Å²) in [7, 11) is 2.97. The molecule has 0 aromatic heterocycles. The average molecular weight is 542 g/mol. The van der Waals surface area contributed by atoms with Gasteiger partial charge in [0.05, 0.1) is 20.6 Å². The van der Waals surface area contributed by atoms with Gasteiger partial charge < -0.3 is 25.0 Å². The van der Waals surface area contributed by atoms with E-state index in [9.17, 15) is 22.8 Å². The molecule has 2 amide bonds. The third kappa shape index (κ3) is 7.08. The molecule has 4 rings (SSSR count). The maximum atomic E-state index is 13.5. The van der Waals surface area contributed by atoms with Crippen LogP contribution in [0.4, 0.5) is 18.9 Å². The number of nitrogens with zero attached hydrogens (tertiary/aromatic N) is 1. The van der Waals surface area contributed by atoms with E-state index in [0.29, 0.717) is 34.9 Å². The Morgan fingerprint density at radius 3 is 2.49 bits per heavy atom. The second-order valence-electron chi connectivity index (χ2n) is 9.15. The number of anilines is 1. The van der Waals surface area contributed by atoms with Crippen molar-refractivity contribution in [3.05, 3.63) is 88.5 Å². The molecule has 0 aliphatic carbocycles. The lowest BCUT2D eigenvalue weighted by molar-refractivity contribution is -0.132. The Labute approximate surface area is 224 Å². The monoisotopic (exact) mass is 541 g/mol. The lowest BCUT2D eigenvalue weighted by Crippen LogP contribution is -2.35. The fourth-order valence-corrected chi connectivity index (χ4v) is 4.45. The van der Waals surface area contributed by atoms with Gasteiger partial charge in [0.2, 0.25) is 0 Å². The number of fused-ring (bicyclic) bond motifs is 1. The first kappa shape index (κ1) is 28.0. The first-order valence-corrected chi connectivity index (χ1v) is 12.5. The lowest BCUT2D eigenvalue weighted by atomic mass is 9.99. The number of alkyl halides is 3. The number of benzene rings is 3. The van der Waals surface area contributed by atoms with Crippen LogP contribution in [0.5, 0.6) is 11.5 Å². The summed E-state index contributed by atoms with van der Waals surface area (Å²) in [4.78, 5) is 27.4. The molecule has 0 fully saturated rings. The van der Waals surface area contributed by atoms with E-state index in [-0.39, 0.29) is 18.0 Å². The highest BCUT2D eigenvalue weighted by atomic mass is 19.4. The van der Waals surface area contributed by atoms with E-state index in [0.717, 1.165) is 24.1 Å². The number of rotatable bonds is 9. The SMILES string of the molecule is COc1ccc(C(=O)NCc2cccc(C(=O)N(CCC(F)(F)F)c3ccc4c(c3)CNCC4)c2)cc1OC. The van der Waals surface area contributed by atoms with E-state index in [4.69, 9.17) is 9.47 Å². The Bertz CT molecular complexity index is 1340. The predicted octanol–water partition coefficient (Wildman–Crippen LogP) is 4.88. The maximum Gasteiger partial charge on any atom is 0.390 e. The third-order valence-corrected chi connectivity index (χ3v) is 6.52. The molecule has 39 heavy (non-hydrogen) atoms. The molecule has 0 saturated carbocycles. The molecule has 10 heteroatoms. The van der Waals surface area contributed by atoms with Gasteiger partial charge in [0.25, 0.3) is 11.8 Å². The maximum absolute atomic E-state index is 13.5. The zero-order valence-corrected chi connectivity index (χ0v) is 21.7. The first-order valence-electron chi connectivity index (χ1n) is 12.5. The fourth-order valence-electron chi connectivity index (χ4n) is 4.45. The van der Waals surface area contributed by atoms with Crippen LogP contribution >= 0.6 is 0 Å². The molecule has 0 unspecified atom stereocenters. The lowest BCUT2D eigenvalue weighted by Gasteiger charge is -2.26. The molecule has 1 aliphatic rings. The summed E-state index contributed by atoms with van der Waals surface area (Å²) in [5.74, 6) is -0.00151. The molecule has 206 valence electrons. The Morgan fingerprint density at radius 2 is 1.74 bits per heavy atom. The van der Waals surface area contributed by atoms with E-state index < -0.39 is 25.0 Å². The number of nitrogens with one attached hydrogen (secondary N) is 2. The van der Waals surface area contributed by atoms with Gasteiger partial charge in [-0.1, -0.05) is 18.2 Å². The topological polar surface area (TPSA) is 79.9 Å². The van der Waals surface area contributed by atoms with Crippen molar-refractivity contribution in [2.45, 2.75) is 32.1 Å². The fraction of sp³-hybridized carbons (Fsp3) is 0.310. The molecule has 1 aliphatic heterocycles. The van der Waals surface area contributed by atoms with Crippen LogP contribution < -0.4 is 25.0 Å². The number of amides is 2.